The van der Waals surface area contributed by atoms with Gasteiger partial charge in [0.1, 0.15) is 11.6 Å². The quantitative estimate of drug-likeness (QED) is 0.247. The maximum atomic E-state index is 14.1. The van der Waals surface area contributed by atoms with Crippen molar-refractivity contribution >= 4 is 40.2 Å². The summed E-state index contributed by atoms with van der Waals surface area (Å²) < 4.78 is 44.3. The number of carbonyl (C=O) groups excluding carboxylic acids is 2. The number of rotatable bonds is 9. The number of carboxylic acids is 1. The van der Waals surface area contributed by atoms with Crippen molar-refractivity contribution in [2.45, 2.75) is 13.2 Å². The fraction of sp³-hybridized carbons (Fsp3) is 0.115. The molecule has 0 spiro atoms. The Morgan fingerprint density at radius 1 is 0.974 bits per heavy atom. The summed E-state index contributed by atoms with van der Waals surface area (Å²) in [4.78, 5) is 37.0. The van der Waals surface area contributed by atoms with Crippen LogP contribution in [0.3, 0.4) is 0 Å². The zero-order chi connectivity index (χ0) is 27.2. The molecule has 0 saturated heterocycles. The first-order valence-corrected chi connectivity index (χ1v) is 11.2. The van der Waals surface area contributed by atoms with Crippen LogP contribution in [-0.2, 0) is 11.3 Å². The molecular formula is C26H21F3N4O5. The lowest BCUT2D eigenvalue weighted by Crippen LogP contribution is -2.23. The molecule has 0 unspecified atom stereocenters. The lowest BCUT2D eigenvalue weighted by Gasteiger charge is -2.10. The second-order valence-electron chi connectivity index (χ2n) is 8.02. The summed E-state index contributed by atoms with van der Waals surface area (Å²) in [6.07, 6.45) is 1.35. The Bertz CT molecular complexity index is 1490. The molecule has 0 radical (unpaired) electrons. The molecule has 3 aromatic carbocycles. The topological polar surface area (TPSA) is 122 Å². The van der Waals surface area contributed by atoms with E-state index in [1.807, 2.05) is 0 Å². The molecule has 1 heterocycles. The number of carbonyl (C=O) groups is 3. The average molecular weight is 526 g/mol. The van der Waals surface area contributed by atoms with Crippen molar-refractivity contribution in [1.82, 2.24) is 9.88 Å². The van der Waals surface area contributed by atoms with E-state index in [4.69, 9.17) is 5.11 Å². The van der Waals surface area contributed by atoms with Crippen molar-refractivity contribution in [3.63, 3.8) is 0 Å². The van der Waals surface area contributed by atoms with Crippen molar-refractivity contribution < 1.29 is 37.4 Å². The van der Waals surface area contributed by atoms with Gasteiger partial charge in [0.2, 0.25) is 0 Å². The number of fused-ring (bicyclic) bond motifs is 1. The van der Waals surface area contributed by atoms with Crippen LogP contribution in [0.4, 0.5) is 29.3 Å². The minimum absolute atomic E-state index is 0.0820. The van der Waals surface area contributed by atoms with Gasteiger partial charge >= 0.3 is 18.6 Å². The molecule has 0 aliphatic rings. The number of aliphatic carboxylic acids is 1. The Morgan fingerprint density at radius 3 is 2.42 bits per heavy atom. The predicted octanol–water partition coefficient (Wildman–Crippen LogP) is 4.89. The van der Waals surface area contributed by atoms with Crippen molar-refractivity contribution in [3.8, 4) is 5.75 Å². The van der Waals surface area contributed by atoms with E-state index < -0.39 is 30.3 Å². The molecule has 4 N–H and O–H groups in total. The number of alkyl halides is 2. The third kappa shape index (κ3) is 6.28. The monoisotopic (exact) mass is 526 g/mol. The minimum Gasteiger partial charge on any atom is -0.480 e. The maximum Gasteiger partial charge on any atom is 0.387 e. The van der Waals surface area contributed by atoms with E-state index in [9.17, 15) is 27.6 Å². The summed E-state index contributed by atoms with van der Waals surface area (Å²) in [5.74, 6) is -2.18. The number of carboxylic acid groups (broad SMARTS) is 1. The lowest BCUT2D eigenvalue weighted by molar-refractivity contribution is -0.136. The summed E-state index contributed by atoms with van der Waals surface area (Å²) in [5, 5.41) is 17.0. The van der Waals surface area contributed by atoms with Gasteiger partial charge in [-0.15, -0.1) is 0 Å². The molecule has 2 amide bonds. The van der Waals surface area contributed by atoms with Gasteiger partial charge in [0.15, 0.2) is 0 Å². The Kier molecular flexibility index (Phi) is 7.92. The van der Waals surface area contributed by atoms with Gasteiger partial charge in [0.05, 0.1) is 17.7 Å². The first-order chi connectivity index (χ1) is 18.2. The Morgan fingerprint density at radius 2 is 1.71 bits per heavy atom. The molecule has 12 heteroatoms. The third-order valence-electron chi connectivity index (χ3n) is 5.41. The zero-order valence-electron chi connectivity index (χ0n) is 19.6. The number of hydrogen-bond donors (Lipinski definition) is 4. The molecule has 0 atom stereocenters. The highest BCUT2D eigenvalue weighted by Crippen LogP contribution is 2.29. The number of anilines is 2. The van der Waals surface area contributed by atoms with Gasteiger partial charge in [-0.25, -0.2) is 9.18 Å². The summed E-state index contributed by atoms with van der Waals surface area (Å²) in [7, 11) is 0. The number of benzene rings is 3. The molecule has 4 aromatic rings. The standard InChI is InChI=1S/C26H21F3N4O5/c27-16-5-10-22-20(11-16)21(32-26(37)31-17-6-8-18(9-7-17)38-25(28)29)14-33(22)24(36)19-4-2-1-3-15(19)12-30-13-23(34)35/h1-11,14,25,30H,12-13H2,(H,34,35)(H2,31,32,37). The van der Waals surface area contributed by atoms with Crippen LogP contribution in [0.5, 0.6) is 5.75 Å². The van der Waals surface area contributed by atoms with E-state index in [1.165, 1.54) is 53.2 Å². The zero-order valence-corrected chi connectivity index (χ0v) is 19.6. The van der Waals surface area contributed by atoms with E-state index >= 15 is 0 Å². The fourth-order valence-corrected chi connectivity index (χ4v) is 3.79. The molecule has 0 fully saturated rings. The van der Waals surface area contributed by atoms with Gasteiger partial charge in [0, 0.05) is 29.4 Å². The van der Waals surface area contributed by atoms with Crippen LogP contribution >= 0.6 is 0 Å². The van der Waals surface area contributed by atoms with Crippen LogP contribution in [0.2, 0.25) is 0 Å². The van der Waals surface area contributed by atoms with Crippen LogP contribution in [-0.4, -0.2) is 40.7 Å². The fourth-order valence-electron chi connectivity index (χ4n) is 3.79. The largest absolute Gasteiger partial charge is 0.480 e. The molecule has 196 valence electrons. The summed E-state index contributed by atoms with van der Waals surface area (Å²) in [5.41, 5.74) is 1.58. The van der Waals surface area contributed by atoms with Gasteiger partial charge in [-0.3, -0.25) is 14.2 Å². The number of nitrogens with one attached hydrogen (secondary N) is 3. The molecule has 0 aliphatic carbocycles. The number of urea groups is 1. The van der Waals surface area contributed by atoms with Gasteiger partial charge in [-0.05, 0) is 54.1 Å². The maximum absolute atomic E-state index is 14.1. The van der Waals surface area contributed by atoms with Crippen molar-refractivity contribution in [1.29, 1.82) is 0 Å². The highest BCUT2D eigenvalue weighted by Gasteiger charge is 2.19. The first-order valence-electron chi connectivity index (χ1n) is 11.2. The summed E-state index contributed by atoms with van der Waals surface area (Å²) in [6.45, 7) is -3.15. The number of ether oxygens (including phenoxy) is 1. The van der Waals surface area contributed by atoms with E-state index in [0.29, 0.717) is 11.1 Å². The highest BCUT2D eigenvalue weighted by atomic mass is 19.3. The normalized spacial score (nSPS) is 10.9. The second-order valence-corrected chi connectivity index (χ2v) is 8.02. The van der Waals surface area contributed by atoms with Gasteiger partial charge in [-0.2, -0.15) is 8.78 Å². The van der Waals surface area contributed by atoms with E-state index in [1.54, 1.807) is 24.3 Å². The van der Waals surface area contributed by atoms with Gasteiger partial charge in [-0.1, -0.05) is 18.2 Å². The van der Waals surface area contributed by atoms with Crippen molar-refractivity contribution in [2.24, 2.45) is 0 Å². The number of nitrogens with zero attached hydrogens (tertiary/aromatic N) is 1. The van der Waals surface area contributed by atoms with E-state index in [-0.39, 0.29) is 41.2 Å². The van der Waals surface area contributed by atoms with Gasteiger partial charge in [0.25, 0.3) is 5.91 Å². The molecule has 1 aromatic heterocycles. The molecule has 0 bridgehead atoms. The first kappa shape index (κ1) is 26.2. The smallest absolute Gasteiger partial charge is 0.387 e. The molecule has 0 aliphatic heterocycles. The third-order valence-corrected chi connectivity index (χ3v) is 5.41. The van der Waals surface area contributed by atoms with Crippen LogP contribution in [0.15, 0.2) is 72.9 Å². The van der Waals surface area contributed by atoms with Gasteiger partial charge < -0.3 is 25.8 Å². The van der Waals surface area contributed by atoms with Crippen LogP contribution in [0.25, 0.3) is 10.9 Å². The molecule has 38 heavy (non-hydrogen) atoms. The Hall–Kier alpha value is -4.84. The molecule has 0 saturated carbocycles. The average Bonchev–Trinajstić information content (AvgIpc) is 3.21. The van der Waals surface area contributed by atoms with E-state index in [0.717, 1.165) is 0 Å². The minimum atomic E-state index is -2.98. The molecule has 4 rings (SSSR count). The van der Waals surface area contributed by atoms with Crippen molar-refractivity contribution in [2.75, 3.05) is 17.2 Å². The number of halogens is 3. The van der Waals surface area contributed by atoms with Crippen LogP contribution in [0, 0.1) is 5.82 Å². The van der Waals surface area contributed by atoms with E-state index in [2.05, 4.69) is 20.7 Å². The number of aromatic nitrogens is 1. The Labute approximate surface area is 213 Å². The SMILES string of the molecule is O=C(O)CNCc1ccccc1C(=O)n1cc(NC(=O)Nc2ccc(OC(F)F)cc2)c2cc(F)ccc21. The van der Waals surface area contributed by atoms with Crippen LogP contribution in [0.1, 0.15) is 15.9 Å². The summed E-state index contributed by atoms with van der Waals surface area (Å²) >= 11 is 0. The predicted molar refractivity (Wildman–Crippen MR) is 133 cm³/mol. The molecular weight excluding hydrogens is 505 g/mol. The summed E-state index contributed by atoms with van der Waals surface area (Å²) in [6, 6.07) is 14.9. The lowest BCUT2D eigenvalue weighted by atomic mass is 10.1. The Balaban J connectivity index is 1.58. The highest BCUT2D eigenvalue weighted by molar-refractivity contribution is 6.10. The molecule has 9 nitrogen and oxygen atoms in total. The van der Waals surface area contributed by atoms with Crippen molar-refractivity contribution in [3.05, 3.63) is 89.9 Å². The number of hydrogen-bond acceptors (Lipinski definition) is 5. The second kappa shape index (κ2) is 11.5. The number of amides is 2. The van der Waals surface area contributed by atoms with Crippen LogP contribution < -0.4 is 20.7 Å².